The molecule has 2 rings (SSSR count). The van der Waals surface area contributed by atoms with E-state index in [1.54, 1.807) is 19.2 Å². The first-order valence-electron chi connectivity index (χ1n) is 6.95. The Balaban J connectivity index is 2.17. The number of hydrogen-bond acceptors (Lipinski definition) is 4. The van der Waals surface area contributed by atoms with E-state index in [9.17, 15) is 9.59 Å². The Labute approximate surface area is 124 Å². The Morgan fingerprint density at radius 3 is 2.76 bits per heavy atom. The van der Waals surface area contributed by atoms with Crippen LogP contribution in [0.2, 0.25) is 0 Å². The number of pyridine rings is 1. The average Bonchev–Trinajstić information content (AvgIpc) is 2.37. The van der Waals surface area contributed by atoms with E-state index in [4.69, 9.17) is 4.74 Å². The molecular weight excluding hydrogens is 268 g/mol. The fourth-order valence-corrected chi connectivity index (χ4v) is 2.02. The Kier molecular flexibility index (Phi) is 4.11. The van der Waals surface area contributed by atoms with Gasteiger partial charge in [-0.1, -0.05) is 0 Å². The molecule has 21 heavy (non-hydrogen) atoms. The molecule has 1 aromatic heterocycles. The number of carbonyl (C=O) groups excluding carboxylic acids is 2. The van der Waals surface area contributed by atoms with Gasteiger partial charge in [0.25, 0.3) is 0 Å². The largest absolute Gasteiger partial charge is 0.457 e. The van der Waals surface area contributed by atoms with Crippen LogP contribution in [0.15, 0.2) is 17.8 Å². The Morgan fingerprint density at radius 1 is 1.38 bits per heavy atom. The number of nitrogens with zero attached hydrogens (tertiary/aromatic N) is 1. The van der Waals surface area contributed by atoms with Gasteiger partial charge in [-0.3, -0.25) is 4.79 Å². The quantitative estimate of drug-likeness (QED) is 0.671. The third-order valence-corrected chi connectivity index (χ3v) is 2.97. The van der Waals surface area contributed by atoms with E-state index < -0.39 is 5.60 Å². The third-order valence-electron chi connectivity index (χ3n) is 2.97. The summed E-state index contributed by atoms with van der Waals surface area (Å²) in [6.45, 7) is 7.22. The summed E-state index contributed by atoms with van der Waals surface area (Å²) >= 11 is 0. The van der Waals surface area contributed by atoms with Crippen molar-refractivity contribution in [3.05, 3.63) is 29.0 Å². The van der Waals surface area contributed by atoms with Gasteiger partial charge in [-0.15, -0.1) is 0 Å². The van der Waals surface area contributed by atoms with E-state index in [2.05, 4.69) is 10.3 Å². The molecule has 5 nitrogen and oxygen atoms in total. The number of aryl methyl sites for hydroxylation is 1. The van der Waals surface area contributed by atoms with Gasteiger partial charge in [0.1, 0.15) is 11.4 Å². The fourth-order valence-electron chi connectivity index (χ4n) is 2.02. The van der Waals surface area contributed by atoms with Gasteiger partial charge in [0.15, 0.2) is 0 Å². The van der Waals surface area contributed by atoms with E-state index in [0.29, 0.717) is 24.2 Å². The summed E-state index contributed by atoms with van der Waals surface area (Å²) in [6, 6.07) is 1.94. The van der Waals surface area contributed by atoms with Crippen LogP contribution in [-0.2, 0) is 20.7 Å². The monoisotopic (exact) mass is 288 g/mol. The first kappa shape index (κ1) is 15.2. The van der Waals surface area contributed by atoms with Crippen LogP contribution in [0.1, 0.15) is 45.2 Å². The lowest BCUT2D eigenvalue weighted by molar-refractivity contribution is -0.149. The molecule has 112 valence electrons. The number of anilines is 1. The fraction of sp³-hybridized carbons (Fsp3) is 0.438. The molecule has 5 heteroatoms. The standard InChI is InChI=1S/C16H20N2O3/c1-10(15(20)21-16(2,3)4)7-11-8-12-5-6-13(19)18-14(12)17-9-11/h7-9H,5-6H2,1-4H3,(H,17,18,19)/b10-7+. The highest BCUT2D eigenvalue weighted by Gasteiger charge is 2.18. The average molecular weight is 288 g/mol. The molecule has 1 aromatic rings. The van der Waals surface area contributed by atoms with Gasteiger partial charge in [0.05, 0.1) is 0 Å². The maximum absolute atomic E-state index is 11.9. The number of fused-ring (bicyclic) bond motifs is 1. The minimum atomic E-state index is -0.509. The zero-order chi connectivity index (χ0) is 15.6. The number of rotatable bonds is 2. The number of amides is 1. The highest BCUT2D eigenvalue weighted by Crippen LogP contribution is 2.22. The van der Waals surface area contributed by atoms with Crippen molar-refractivity contribution in [2.75, 3.05) is 5.32 Å². The number of hydrogen-bond donors (Lipinski definition) is 1. The van der Waals surface area contributed by atoms with Crippen LogP contribution in [-0.4, -0.2) is 22.5 Å². The van der Waals surface area contributed by atoms with Gasteiger partial charge in [-0.25, -0.2) is 9.78 Å². The Hall–Kier alpha value is -2.17. The minimum Gasteiger partial charge on any atom is -0.457 e. The number of carbonyl (C=O) groups is 2. The lowest BCUT2D eigenvalue weighted by Crippen LogP contribution is -2.24. The number of aromatic nitrogens is 1. The molecule has 0 saturated carbocycles. The molecular formula is C16H20N2O3. The lowest BCUT2D eigenvalue weighted by Gasteiger charge is -2.19. The van der Waals surface area contributed by atoms with Crippen molar-refractivity contribution >= 4 is 23.8 Å². The molecule has 1 amide bonds. The van der Waals surface area contributed by atoms with Crippen molar-refractivity contribution < 1.29 is 14.3 Å². The second-order valence-electron chi connectivity index (χ2n) is 6.15. The molecule has 0 aromatic carbocycles. The summed E-state index contributed by atoms with van der Waals surface area (Å²) in [6.07, 6.45) is 4.52. The van der Waals surface area contributed by atoms with Crippen LogP contribution < -0.4 is 5.32 Å². The van der Waals surface area contributed by atoms with Gasteiger partial charge >= 0.3 is 5.97 Å². The van der Waals surface area contributed by atoms with Crippen LogP contribution in [0.3, 0.4) is 0 Å². The summed E-state index contributed by atoms with van der Waals surface area (Å²) in [5.41, 5.74) is 1.82. The van der Waals surface area contributed by atoms with E-state index >= 15 is 0 Å². The summed E-state index contributed by atoms with van der Waals surface area (Å²) in [5.74, 6) is 0.259. The van der Waals surface area contributed by atoms with Gasteiger partial charge in [-0.2, -0.15) is 0 Å². The highest BCUT2D eigenvalue weighted by atomic mass is 16.6. The van der Waals surface area contributed by atoms with Gasteiger partial charge < -0.3 is 10.1 Å². The van der Waals surface area contributed by atoms with Crippen LogP contribution >= 0.6 is 0 Å². The molecule has 2 heterocycles. The summed E-state index contributed by atoms with van der Waals surface area (Å²) in [5, 5.41) is 2.73. The molecule has 0 spiro atoms. The van der Waals surface area contributed by atoms with E-state index in [0.717, 1.165) is 11.1 Å². The molecule has 0 bridgehead atoms. The van der Waals surface area contributed by atoms with Crippen molar-refractivity contribution in [2.24, 2.45) is 0 Å². The van der Waals surface area contributed by atoms with Crippen molar-refractivity contribution in [3.8, 4) is 0 Å². The molecule has 0 saturated heterocycles. The highest BCUT2D eigenvalue weighted by molar-refractivity contribution is 5.94. The van der Waals surface area contributed by atoms with E-state index in [1.807, 2.05) is 26.8 Å². The van der Waals surface area contributed by atoms with Gasteiger partial charge in [0, 0.05) is 18.2 Å². The van der Waals surface area contributed by atoms with E-state index in [1.165, 1.54) is 0 Å². The number of ether oxygens (including phenoxy) is 1. The second-order valence-corrected chi connectivity index (χ2v) is 6.15. The molecule has 1 aliphatic rings. The SMILES string of the molecule is C/C(=C\c1cnc2c(c1)CCC(=O)N2)C(=O)OC(C)(C)C. The van der Waals surface area contributed by atoms with Crippen LogP contribution in [0.25, 0.3) is 6.08 Å². The lowest BCUT2D eigenvalue weighted by atomic mass is 10.0. The van der Waals surface area contributed by atoms with Gasteiger partial charge in [-0.05, 0) is 57.4 Å². The second kappa shape index (κ2) is 5.68. The summed E-state index contributed by atoms with van der Waals surface area (Å²) in [7, 11) is 0. The van der Waals surface area contributed by atoms with Crippen molar-refractivity contribution in [1.29, 1.82) is 0 Å². The summed E-state index contributed by atoms with van der Waals surface area (Å²) in [4.78, 5) is 27.4. The topological polar surface area (TPSA) is 68.3 Å². The van der Waals surface area contributed by atoms with Crippen LogP contribution in [0.5, 0.6) is 0 Å². The zero-order valence-corrected chi connectivity index (χ0v) is 12.8. The molecule has 0 fully saturated rings. The predicted molar refractivity (Wildman–Crippen MR) is 80.7 cm³/mol. The zero-order valence-electron chi connectivity index (χ0n) is 12.8. The molecule has 1 N–H and O–H groups in total. The first-order chi connectivity index (χ1) is 9.74. The third kappa shape index (κ3) is 4.15. The van der Waals surface area contributed by atoms with Crippen molar-refractivity contribution in [3.63, 3.8) is 0 Å². The van der Waals surface area contributed by atoms with Gasteiger partial charge in [0.2, 0.25) is 5.91 Å². The normalized spacial score (nSPS) is 15.2. The summed E-state index contributed by atoms with van der Waals surface area (Å²) < 4.78 is 5.31. The number of nitrogens with one attached hydrogen (secondary N) is 1. The maximum Gasteiger partial charge on any atom is 0.334 e. The van der Waals surface area contributed by atoms with Crippen LogP contribution in [0.4, 0.5) is 5.82 Å². The smallest absolute Gasteiger partial charge is 0.334 e. The Morgan fingerprint density at radius 2 is 2.10 bits per heavy atom. The van der Waals surface area contributed by atoms with Crippen molar-refractivity contribution in [1.82, 2.24) is 4.98 Å². The molecule has 1 aliphatic heterocycles. The number of esters is 1. The van der Waals surface area contributed by atoms with Crippen LogP contribution in [0, 0.1) is 0 Å². The molecule has 0 atom stereocenters. The van der Waals surface area contributed by atoms with Crippen molar-refractivity contribution in [2.45, 2.75) is 46.1 Å². The molecule has 0 aliphatic carbocycles. The Bertz CT molecular complexity index is 612. The molecule has 0 unspecified atom stereocenters. The minimum absolute atomic E-state index is 0.0109. The predicted octanol–water partition coefficient (Wildman–Crippen LogP) is 2.71. The van der Waals surface area contributed by atoms with E-state index in [-0.39, 0.29) is 11.9 Å². The molecule has 0 radical (unpaired) electrons. The maximum atomic E-state index is 11.9. The first-order valence-corrected chi connectivity index (χ1v) is 6.95.